The van der Waals surface area contributed by atoms with Gasteiger partial charge in [0.05, 0.1) is 7.11 Å². The molecule has 0 aromatic heterocycles. The van der Waals surface area contributed by atoms with E-state index in [0.29, 0.717) is 12.1 Å². The minimum Gasteiger partial charge on any atom is -0.496 e. The summed E-state index contributed by atoms with van der Waals surface area (Å²) in [6, 6.07) is 16.5. The highest BCUT2D eigenvalue weighted by Gasteiger charge is 2.19. The van der Waals surface area contributed by atoms with Crippen molar-refractivity contribution in [2.24, 2.45) is 0 Å². The van der Waals surface area contributed by atoms with Crippen molar-refractivity contribution in [3.05, 3.63) is 48.0 Å². The minimum atomic E-state index is 0.604. The number of thioether (sulfide) groups is 1. The molecule has 140 valence electrons. The van der Waals surface area contributed by atoms with Crippen LogP contribution in [0.2, 0.25) is 0 Å². The van der Waals surface area contributed by atoms with Crippen LogP contribution in [0.15, 0.2) is 47.4 Å². The molecule has 0 saturated heterocycles. The van der Waals surface area contributed by atoms with Crippen LogP contribution in [0.3, 0.4) is 0 Å². The molecule has 0 heterocycles. The fraction of sp³-hybridized carbons (Fsp3) is 0.455. The third-order valence-corrected chi connectivity index (χ3v) is 6.13. The number of nitrogens with one attached hydrogen (secondary N) is 2. The zero-order valence-corrected chi connectivity index (χ0v) is 16.9. The molecular formula is C22H30N2OS. The van der Waals surface area contributed by atoms with Gasteiger partial charge in [-0.25, -0.2) is 0 Å². The molecule has 2 aromatic rings. The van der Waals surface area contributed by atoms with Crippen molar-refractivity contribution < 1.29 is 4.74 Å². The molecule has 0 aliphatic heterocycles. The molecule has 1 aliphatic carbocycles. The monoisotopic (exact) mass is 370 g/mol. The Morgan fingerprint density at radius 1 is 1.00 bits per heavy atom. The van der Waals surface area contributed by atoms with E-state index in [1.165, 1.54) is 47.3 Å². The van der Waals surface area contributed by atoms with Crippen molar-refractivity contribution in [1.29, 1.82) is 0 Å². The Balaban J connectivity index is 1.71. The predicted octanol–water partition coefficient (Wildman–Crippen LogP) is 4.70. The van der Waals surface area contributed by atoms with Crippen molar-refractivity contribution in [2.75, 3.05) is 20.4 Å². The number of hydrogen-bond donors (Lipinski definition) is 2. The molecular weight excluding hydrogens is 340 g/mol. The van der Waals surface area contributed by atoms with Gasteiger partial charge in [-0.3, -0.25) is 0 Å². The van der Waals surface area contributed by atoms with Crippen LogP contribution in [0.25, 0.3) is 11.1 Å². The van der Waals surface area contributed by atoms with Crippen molar-refractivity contribution in [3.63, 3.8) is 0 Å². The Kier molecular flexibility index (Phi) is 7.00. The molecule has 2 N–H and O–H groups in total. The Bertz CT molecular complexity index is 711. The second-order valence-corrected chi connectivity index (χ2v) is 7.86. The zero-order valence-electron chi connectivity index (χ0n) is 16.0. The summed E-state index contributed by atoms with van der Waals surface area (Å²) >= 11 is 1.78. The van der Waals surface area contributed by atoms with E-state index < -0.39 is 0 Å². The van der Waals surface area contributed by atoms with Crippen LogP contribution in [0.4, 0.5) is 0 Å². The molecule has 26 heavy (non-hydrogen) atoms. The maximum atomic E-state index is 5.60. The summed E-state index contributed by atoms with van der Waals surface area (Å²) < 4.78 is 5.60. The van der Waals surface area contributed by atoms with Crippen molar-refractivity contribution in [1.82, 2.24) is 10.6 Å². The third-order valence-electron chi connectivity index (χ3n) is 5.40. The van der Waals surface area contributed by atoms with E-state index in [1.54, 1.807) is 18.9 Å². The van der Waals surface area contributed by atoms with Crippen molar-refractivity contribution in [2.45, 2.75) is 49.2 Å². The molecule has 3 nitrogen and oxygen atoms in total. The van der Waals surface area contributed by atoms with E-state index in [0.717, 1.165) is 12.3 Å². The molecule has 2 aromatic carbocycles. The first-order chi connectivity index (χ1) is 12.7. The first kappa shape index (κ1) is 19.3. The molecule has 0 unspecified atom stereocenters. The first-order valence-electron chi connectivity index (χ1n) is 9.45. The lowest BCUT2D eigenvalue weighted by molar-refractivity contribution is 0.315. The average Bonchev–Trinajstić information content (AvgIpc) is 2.72. The summed E-state index contributed by atoms with van der Waals surface area (Å²) in [7, 11) is 3.83. The topological polar surface area (TPSA) is 33.3 Å². The first-order valence-corrected chi connectivity index (χ1v) is 10.7. The number of benzene rings is 2. The van der Waals surface area contributed by atoms with Crippen LogP contribution < -0.4 is 15.4 Å². The summed E-state index contributed by atoms with van der Waals surface area (Å²) in [5.41, 5.74) is 3.74. The predicted molar refractivity (Wildman–Crippen MR) is 112 cm³/mol. The summed E-state index contributed by atoms with van der Waals surface area (Å²) in [6.45, 7) is 0.855. The van der Waals surface area contributed by atoms with E-state index in [9.17, 15) is 0 Å². The van der Waals surface area contributed by atoms with Gasteiger partial charge in [0.15, 0.2) is 0 Å². The largest absolute Gasteiger partial charge is 0.496 e. The summed E-state index contributed by atoms with van der Waals surface area (Å²) in [5.74, 6) is 0.964. The lowest BCUT2D eigenvalue weighted by Crippen LogP contribution is -2.38. The van der Waals surface area contributed by atoms with Gasteiger partial charge in [0.25, 0.3) is 0 Å². The van der Waals surface area contributed by atoms with Gasteiger partial charge in [0.1, 0.15) is 5.75 Å². The number of ether oxygens (including phenoxy) is 1. The molecule has 0 atom stereocenters. The molecule has 0 bridgehead atoms. The van der Waals surface area contributed by atoms with E-state index in [4.69, 9.17) is 4.74 Å². The molecule has 1 saturated carbocycles. The smallest absolute Gasteiger partial charge is 0.123 e. The Morgan fingerprint density at radius 2 is 1.73 bits per heavy atom. The van der Waals surface area contributed by atoms with Crippen LogP contribution in [0.1, 0.15) is 31.2 Å². The summed E-state index contributed by atoms with van der Waals surface area (Å²) in [5, 5.41) is 7.15. The van der Waals surface area contributed by atoms with Gasteiger partial charge in [0.2, 0.25) is 0 Å². The van der Waals surface area contributed by atoms with Crippen LogP contribution >= 0.6 is 11.8 Å². The highest BCUT2D eigenvalue weighted by atomic mass is 32.2. The maximum Gasteiger partial charge on any atom is 0.123 e. The summed E-state index contributed by atoms with van der Waals surface area (Å²) in [4.78, 5) is 1.29. The standard InChI is InChI=1S/C22H30N2OS/c1-23-19-8-10-20(11-9-19)24-15-18-13-17(7-12-22(18)25-2)16-5-4-6-21(14-16)26-3/h4-7,12-14,19-20,23-24H,8-11,15H2,1-3H3. The van der Waals surface area contributed by atoms with Gasteiger partial charge >= 0.3 is 0 Å². The molecule has 1 aliphatic rings. The number of hydrogen-bond acceptors (Lipinski definition) is 4. The number of rotatable bonds is 7. The second-order valence-electron chi connectivity index (χ2n) is 6.98. The summed E-state index contributed by atoms with van der Waals surface area (Å²) in [6.07, 6.45) is 7.11. The SMILES string of the molecule is CNC1CCC(NCc2cc(-c3cccc(SC)c3)ccc2OC)CC1. The Morgan fingerprint density at radius 3 is 2.42 bits per heavy atom. The normalized spacial score (nSPS) is 20.1. The highest BCUT2D eigenvalue weighted by Crippen LogP contribution is 2.29. The van der Waals surface area contributed by atoms with Gasteiger partial charge in [0, 0.05) is 29.1 Å². The van der Waals surface area contributed by atoms with Crippen molar-refractivity contribution in [3.8, 4) is 16.9 Å². The lowest BCUT2D eigenvalue weighted by Gasteiger charge is -2.29. The van der Waals surface area contributed by atoms with Gasteiger partial charge in [-0.1, -0.05) is 18.2 Å². The molecule has 0 amide bonds. The molecule has 4 heteroatoms. The van der Waals surface area contributed by atoms with E-state index in [2.05, 4.69) is 66.4 Å². The fourth-order valence-corrected chi connectivity index (χ4v) is 4.20. The fourth-order valence-electron chi connectivity index (χ4n) is 3.74. The van der Waals surface area contributed by atoms with Gasteiger partial charge in [-0.15, -0.1) is 11.8 Å². The highest BCUT2D eigenvalue weighted by molar-refractivity contribution is 7.98. The van der Waals surface area contributed by atoms with Gasteiger partial charge < -0.3 is 15.4 Å². The quantitative estimate of drug-likeness (QED) is 0.692. The van der Waals surface area contributed by atoms with Crippen LogP contribution in [0, 0.1) is 0 Å². The Labute approximate surface area is 161 Å². The maximum absolute atomic E-state index is 5.60. The average molecular weight is 371 g/mol. The molecule has 1 fully saturated rings. The molecule has 0 spiro atoms. The van der Waals surface area contributed by atoms with Crippen LogP contribution in [0.5, 0.6) is 5.75 Å². The van der Waals surface area contributed by atoms with Gasteiger partial charge in [-0.05, 0) is 74.4 Å². The molecule has 0 radical (unpaired) electrons. The van der Waals surface area contributed by atoms with E-state index in [-0.39, 0.29) is 0 Å². The third kappa shape index (κ3) is 4.81. The van der Waals surface area contributed by atoms with Gasteiger partial charge in [-0.2, -0.15) is 0 Å². The number of methoxy groups -OCH3 is 1. The lowest BCUT2D eigenvalue weighted by atomic mass is 9.91. The van der Waals surface area contributed by atoms with E-state index >= 15 is 0 Å². The zero-order chi connectivity index (χ0) is 18.4. The van der Waals surface area contributed by atoms with Crippen LogP contribution in [-0.2, 0) is 6.54 Å². The minimum absolute atomic E-state index is 0.604. The van der Waals surface area contributed by atoms with Crippen molar-refractivity contribution >= 4 is 11.8 Å². The Hall–Kier alpha value is -1.49. The second kappa shape index (κ2) is 9.45. The van der Waals surface area contributed by atoms with E-state index in [1.807, 2.05) is 0 Å². The molecule has 3 rings (SSSR count). The van der Waals surface area contributed by atoms with Crippen LogP contribution in [-0.4, -0.2) is 32.5 Å².